The molecule has 24 heavy (non-hydrogen) atoms. The number of carbonyl (C=O) groups excluding carboxylic acids is 2. The van der Waals surface area contributed by atoms with Gasteiger partial charge in [0.05, 0.1) is 5.56 Å². The zero-order valence-electron chi connectivity index (χ0n) is 14.3. The van der Waals surface area contributed by atoms with Crippen molar-refractivity contribution in [3.63, 3.8) is 0 Å². The number of rotatable bonds is 6. The minimum atomic E-state index is -0.496. The van der Waals surface area contributed by atoms with Crippen molar-refractivity contribution in [2.45, 2.75) is 32.7 Å². The number of aromatic nitrogens is 1. The molecule has 1 fully saturated rings. The average molecular weight is 326 g/mol. The number of nitrogens with zero attached hydrogens (tertiary/aromatic N) is 1. The molecule has 0 unspecified atom stereocenters. The number of carbonyl (C=O) groups is 2. The van der Waals surface area contributed by atoms with Crippen LogP contribution in [0.5, 0.6) is 0 Å². The molecule has 0 bridgehead atoms. The van der Waals surface area contributed by atoms with E-state index >= 15 is 0 Å². The van der Waals surface area contributed by atoms with E-state index in [1.807, 2.05) is 26.0 Å². The van der Waals surface area contributed by atoms with E-state index < -0.39 is 5.97 Å². The molecular formula is C19H22N2O3. The maximum absolute atomic E-state index is 12.5. The van der Waals surface area contributed by atoms with Crippen molar-refractivity contribution >= 4 is 17.4 Å². The lowest BCUT2D eigenvalue weighted by atomic mass is 10.1. The number of anilines is 1. The van der Waals surface area contributed by atoms with Crippen LogP contribution in [-0.4, -0.2) is 30.0 Å². The van der Waals surface area contributed by atoms with Crippen molar-refractivity contribution in [2.75, 3.05) is 19.0 Å². The number of nitrogens with one attached hydrogen (secondary N) is 1. The molecule has 0 saturated heterocycles. The second-order valence-electron chi connectivity index (χ2n) is 6.18. The third-order valence-electron chi connectivity index (χ3n) is 4.45. The van der Waals surface area contributed by atoms with Gasteiger partial charge in [-0.1, -0.05) is 12.1 Å². The first-order valence-corrected chi connectivity index (χ1v) is 8.18. The van der Waals surface area contributed by atoms with Gasteiger partial charge in [0.25, 0.3) is 0 Å². The van der Waals surface area contributed by atoms with E-state index in [2.05, 4.69) is 9.88 Å². The van der Waals surface area contributed by atoms with E-state index in [4.69, 9.17) is 4.74 Å². The monoisotopic (exact) mass is 326 g/mol. The van der Waals surface area contributed by atoms with E-state index in [-0.39, 0.29) is 12.4 Å². The summed E-state index contributed by atoms with van der Waals surface area (Å²) in [6.45, 7) is 3.72. The number of hydrogen-bond acceptors (Lipinski definition) is 4. The zero-order chi connectivity index (χ0) is 17.3. The van der Waals surface area contributed by atoms with Crippen molar-refractivity contribution in [1.29, 1.82) is 0 Å². The fourth-order valence-electron chi connectivity index (χ4n) is 3.12. The first-order chi connectivity index (χ1) is 11.5. The highest BCUT2D eigenvalue weighted by atomic mass is 16.5. The smallest absolute Gasteiger partial charge is 0.340 e. The molecule has 0 amide bonds. The third-order valence-corrected chi connectivity index (χ3v) is 4.45. The minimum Gasteiger partial charge on any atom is -0.454 e. The second-order valence-corrected chi connectivity index (χ2v) is 6.18. The zero-order valence-corrected chi connectivity index (χ0v) is 14.3. The van der Waals surface area contributed by atoms with Crippen LogP contribution in [0.1, 0.15) is 51.0 Å². The fourth-order valence-corrected chi connectivity index (χ4v) is 3.12. The Kier molecular flexibility index (Phi) is 4.42. The summed E-state index contributed by atoms with van der Waals surface area (Å²) in [5.74, 6) is -0.658. The van der Waals surface area contributed by atoms with Gasteiger partial charge in [-0.25, -0.2) is 4.79 Å². The predicted molar refractivity (Wildman–Crippen MR) is 92.8 cm³/mol. The summed E-state index contributed by atoms with van der Waals surface area (Å²) in [7, 11) is 1.74. The largest absolute Gasteiger partial charge is 0.454 e. The number of ketones is 1. The van der Waals surface area contributed by atoms with Crippen molar-refractivity contribution in [2.24, 2.45) is 0 Å². The molecule has 0 radical (unpaired) electrons. The summed E-state index contributed by atoms with van der Waals surface area (Å²) in [6, 6.07) is 9.49. The van der Waals surface area contributed by atoms with E-state index in [1.54, 1.807) is 25.2 Å². The van der Waals surface area contributed by atoms with Crippen LogP contribution < -0.4 is 5.32 Å². The Morgan fingerprint density at radius 2 is 1.92 bits per heavy atom. The lowest BCUT2D eigenvalue weighted by Gasteiger charge is -2.09. The van der Waals surface area contributed by atoms with Crippen molar-refractivity contribution in [1.82, 2.24) is 4.57 Å². The Morgan fingerprint density at radius 1 is 1.21 bits per heavy atom. The second kappa shape index (κ2) is 6.51. The summed E-state index contributed by atoms with van der Waals surface area (Å²) < 4.78 is 7.44. The van der Waals surface area contributed by atoms with Gasteiger partial charge in [0.1, 0.15) is 0 Å². The van der Waals surface area contributed by atoms with E-state index in [0.29, 0.717) is 22.9 Å². The molecule has 2 aromatic rings. The maximum Gasteiger partial charge on any atom is 0.340 e. The third kappa shape index (κ3) is 3.07. The summed E-state index contributed by atoms with van der Waals surface area (Å²) in [5.41, 5.74) is 3.81. The number of esters is 1. The molecule has 1 heterocycles. The average Bonchev–Trinajstić information content (AvgIpc) is 3.37. The molecule has 1 N–H and O–H groups in total. The van der Waals surface area contributed by atoms with Crippen LogP contribution in [0.15, 0.2) is 30.3 Å². The lowest BCUT2D eigenvalue weighted by Crippen LogP contribution is -2.16. The molecule has 5 heteroatoms. The quantitative estimate of drug-likeness (QED) is 0.652. The number of hydrogen-bond donors (Lipinski definition) is 1. The highest BCUT2D eigenvalue weighted by Crippen LogP contribution is 2.38. The number of aryl methyl sites for hydroxylation is 1. The van der Waals surface area contributed by atoms with Crippen molar-refractivity contribution in [3.8, 4) is 0 Å². The minimum absolute atomic E-state index is 0.162. The highest BCUT2D eigenvalue weighted by Gasteiger charge is 2.28. The Labute approximate surface area is 141 Å². The van der Waals surface area contributed by atoms with Crippen LogP contribution in [0.2, 0.25) is 0 Å². The van der Waals surface area contributed by atoms with Crippen LogP contribution in [0.3, 0.4) is 0 Å². The predicted octanol–water partition coefficient (Wildman–Crippen LogP) is 3.52. The molecule has 1 aliphatic carbocycles. The van der Waals surface area contributed by atoms with E-state index in [9.17, 15) is 9.59 Å². The summed E-state index contributed by atoms with van der Waals surface area (Å²) >= 11 is 0. The van der Waals surface area contributed by atoms with Crippen LogP contribution in [-0.2, 0) is 4.74 Å². The van der Waals surface area contributed by atoms with Crippen LogP contribution in [0.4, 0.5) is 5.69 Å². The highest BCUT2D eigenvalue weighted by molar-refractivity contribution is 6.01. The molecule has 1 aromatic carbocycles. The Hall–Kier alpha value is -2.56. The SMILES string of the molecule is CNc1ccccc1C(=O)OCC(=O)c1cc(C)n(C2CC2)c1C. The van der Waals surface area contributed by atoms with Gasteiger partial charge in [-0.15, -0.1) is 0 Å². The summed E-state index contributed by atoms with van der Waals surface area (Å²) in [4.78, 5) is 24.7. The number of para-hydroxylation sites is 1. The number of ether oxygens (including phenoxy) is 1. The molecule has 1 aromatic heterocycles. The number of benzene rings is 1. The topological polar surface area (TPSA) is 60.3 Å². The van der Waals surface area contributed by atoms with Crippen LogP contribution in [0.25, 0.3) is 0 Å². The Bertz CT molecular complexity index is 788. The standard InChI is InChI=1S/C19H22N2O3/c1-12-10-16(13(2)21(12)14-8-9-14)18(22)11-24-19(23)15-6-4-5-7-17(15)20-3/h4-7,10,14,20H,8-9,11H2,1-3H3. The van der Waals surface area contributed by atoms with Crippen molar-refractivity contribution < 1.29 is 14.3 Å². The maximum atomic E-state index is 12.5. The van der Waals surface area contributed by atoms with Gasteiger partial charge >= 0.3 is 5.97 Å². The van der Waals surface area contributed by atoms with Gasteiger partial charge in [0, 0.05) is 35.7 Å². The summed E-state index contributed by atoms with van der Waals surface area (Å²) in [5, 5.41) is 2.95. The normalized spacial score (nSPS) is 13.6. The summed E-state index contributed by atoms with van der Waals surface area (Å²) in [6.07, 6.45) is 2.33. The molecule has 0 aliphatic heterocycles. The molecule has 1 aliphatic rings. The molecule has 126 valence electrons. The molecule has 5 nitrogen and oxygen atoms in total. The Balaban J connectivity index is 1.70. The molecular weight excluding hydrogens is 304 g/mol. The molecule has 1 saturated carbocycles. The van der Waals surface area contributed by atoms with Crippen LogP contribution >= 0.6 is 0 Å². The number of Topliss-reactive ketones (excluding diaryl/α,β-unsaturated/α-hetero) is 1. The Morgan fingerprint density at radius 3 is 2.58 bits per heavy atom. The molecule has 0 atom stereocenters. The van der Waals surface area contributed by atoms with Gasteiger partial charge in [-0.3, -0.25) is 4.79 Å². The molecule has 3 rings (SSSR count). The fraction of sp³-hybridized carbons (Fsp3) is 0.368. The first kappa shape index (κ1) is 16.3. The van der Waals surface area contributed by atoms with Crippen molar-refractivity contribution in [3.05, 3.63) is 52.8 Å². The van der Waals surface area contributed by atoms with Gasteiger partial charge in [0.15, 0.2) is 6.61 Å². The van der Waals surface area contributed by atoms with Gasteiger partial charge < -0.3 is 14.6 Å². The molecule has 0 spiro atoms. The van der Waals surface area contributed by atoms with E-state index in [0.717, 1.165) is 11.4 Å². The van der Waals surface area contributed by atoms with Gasteiger partial charge in [0.2, 0.25) is 5.78 Å². The van der Waals surface area contributed by atoms with Gasteiger partial charge in [-0.05, 0) is 44.9 Å². The van der Waals surface area contributed by atoms with Crippen LogP contribution in [0, 0.1) is 13.8 Å². The lowest BCUT2D eigenvalue weighted by molar-refractivity contribution is 0.0475. The van der Waals surface area contributed by atoms with E-state index in [1.165, 1.54) is 12.8 Å². The first-order valence-electron chi connectivity index (χ1n) is 8.18. The van der Waals surface area contributed by atoms with Gasteiger partial charge in [-0.2, -0.15) is 0 Å².